The van der Waals surface area contributed by atoms with Crippen LogP contribution in [0.2, 0.25) is 0 Å². The fourth-order valence-electron chi connectivity index (χ4n) is 1.72. The second kappa shape index (κ2) is 4.59. The van der Waals surface area contributed by atoms with Crippen LogP contribution in [0.25, 0.3) is 11.0 Å². The lowest BCUT2D eigenvalue weighted by Gasteiger charge is -2.13. The van der Waals surface area contributed by atoms with E-state index in [1.807, 2.05) is 25.2 Å². The fourth-order valence-corrected chi connectivity index (χ4v) is 1.72. The van der Waals surface area contributed by atoms with Crippen molar-refractivity contribution in [3.63, 3.8) is 0 Å². The third kappa shape index (κ3) is 2.47. The molecule has 0 aliphatic heterocycles. The molecule has 2 aromatic rings. The van der Waals surface area contributed by atoms with E-state index in [0.29, 0.717) is 5.58 Å². The summed E-state index contributed by atoms with van der Waals surface area (Å²) < 4.78 is 5.20. The van der Waals surface area contributed by atoms with Gasteiger partial charge in [0.2, 0.25) is 5.76 Å². The molecule has 4 heteroatoms. The Labute approximate surface area is 99.4 Å². The van der Waals surface area contributed by atoms with E-state index in [-0.39, 0.29) is 5.76 Å². The highest BCUT2D eigenvalue weighted by molar-refractivity contribution is 5.91. The number of carbonyl (C=O) groups is 1. The van der Waals surface area contributed by atoms with Gasteiger partial charge in [-0.25, -0.2) is 4.79 Å². The Morgan fingerprint density at radius 1 is 1.41 bits per heavy atom. The van der Waals surface area contributed by atoms with Crippen molar-refractivity contribution in [2.75, 3.05) is 13.6 Å². The molecule has 1 aromatic carbocycles. The van der Waals surface area contributed by atoms with E-state index >= 15 is 0 Å². The normalized spacial score (nSPS) is 11.2. The molecular formula is C13H15NO3. The van der Waals surface area contributed by atoms with Crippen LogP contribution in [0.15, 0.2) is 28.7 Å². The maximum absolute atomic E-state index is 10.8. The summed E-state index contributed by atoms with van der Waals surface area (Å²) in [6, 6.07) is 7.31. The number of rotatable bonds is 4. The highest BCUT2D eigenvalue weighted by Crippen LogP contribution is 2.21. The predicted molar refractivity (Wildman–Crippen MR) is 65.2 cm³/mol. The molecule has 0 aliphatic carbocycles. The lowest BCUT2D eigenvalue weighted by molar-refractivity contribution is 0.0665. The molecule has 2 rings (SSSR count). The van der Waals surface area contributed by atoms with Gasteiger partial charge in [-0.2, -0.15) is 0 Å². The molecule has 0 amide bonds. The SMILES string of the molecule is CCN(C)Cc1ccc2oc(C(=O)O)cc2c1. The first-order chi connectivity index (χ1) is 8.10. The second-order valence-electron chi connectivity index (χ2n) is 4.12. The quantitative estimate of drug-likeness (QED) is 0.881. The van der Waals surface area contributed by atoms with Gasteiger partial charge in [-0.15, -0.1) is 0 Å². The molecule has 1 aromatic heterocycles. The van der Waals surface area contributed by atoms with Crippen LogP contribution >= 0.6 is 0 Å². The third-order valence-electron chi connectivity index (χ3n) is 2.78. The van der Waals surface area contributed by atoms with Gasteiger partial charge in [-0.05, 0) is 37.4 Å². The Kier molecular flexibility index (Phi) is 3.15. The van der Waals surface area contributed by atoms with E-state index in [2.05, 4.69) is 11.8 Å². The molecule has 0 saturated heterocycles. The zero-order chi connectivity index (χ0) is 12.4. The van der Waals surface area contributed by atoms with Crippen molar-refractivity contribution in [1.82, 2.24) is 4.90 Å². The summed E-state index contributed by atoms with van der Waals surface area (Å²) in [5, 5.41) is 9.67. The maximum Gasteiger partial charge on any atom is 0.371 e. The summed E-state index contributed by atoms with van der Waals surface area (Å²) in [5.74, 6) is -1.05. The molecule has 1 N–H and O–H groups in total. The number of benzene rings is 1. The summed E-state index contributed by atoms with van der Waals surface area (Å²) in [7, 11) is 2.04. The van der Waals surface area contributed by atoms with Crippen LogP contribution in [0.5, 0.6) is 0 Å². The standard InChI is InChI=1S/C13H15NO3/c1-3-14(2)8-9-4-5-11-10(6-9)7-12(17-11)13(15)16/h4-7H,3,8H2,1-2H3,(H,15,16). The lowest BCUT2D eigenvalue weighted by atomic mass is 10.1. The zero-order valence-corrected chi connectivity index (χ0v) is 9.93. The summed E-state index contributed by atoms with van der Waals surface area (Å²) >= 11 is 0. The minimum absolute atomic E-state index is 0.0130. The Hall–Kier alpha value is -1.81. The van der Waals surface area contributed by atoms with E-state index in [1.165, 1.54) is 0 Å². The second-order valence-corrected chi connectivity index (χ2v) is 4.12. The summed E-state index contributed by atoms with van der Waals surface area (Å²) in [6.07, 6.45) is 0. The molecule has 90 valence electrons. The van der Waals surface area contributed by atoms with Crippen molar-refractivity contribution in [2.45, 2.75) is 13.5 Å². The van der Waals surface area contributed by atoms with Gasteiger partial charge in [0.25, 0.3) is 0 Å². The van der Waals surface area contributed by atoms with Gasteiger partial charge < -0.3 is 14.4 Å². The summed E-state index contributed by atoms with van der Waals surface area (Å²) in [5.41, 5.74) is 1.77. The predicted octanol–water partition coefficient (Wildman–Crippen LogP) is 2.58. The molecule has 4 nitrogen and oxygen atoms in total. The van der Waals surface area contributed by atoms with Crippen LogP contribution in [0.4, 0.5) is 0 Å². The van der Waals surface area contributed by atoms with Crippen molar-refractivity contribution < 1.29 is 14.3 Å². The minimum atomic E-state index is -1.03. The van der Waals surface area contributed by atoms with Crippen molar-refractivity contribution in [2.24, 2.45) is 0 Å². The maximum atomic E-state index is 10.8. The minimum Gasteiger partial charge on any atom is -0.475 e. The van der Waals surface area contributed by atoms with Gasteiger partial charge in [-0.1, -0.05) is 13.0 Å². The molecule has 0 saturated carbocycles. The molecule has 17 heavy (non-hydrogen) atoms. The van der Waals surface area contributed by atoms with Gasteiger partial charge >= 0.3 is 5.97 Å². The molecule has 1 heterocycles. The molecule has 0 spiro atoms. The first kappa shape index (κ1) is 11.7. The Bertz CT molecular complexity index is 545. The number of fused-ring (bicyclic) bond motifs is 1. The average Bonchev–Trinajstić information content (AvgIpc) is 2.72. The molecule has 0 fully saturated rings. The Morgan fingerprint density at radius 2 is 2.18 bits per heavy atom. The van der Waals surface area contributed by atoms with Crippen molar-refractivity contribution >= 4 is 16.9 Å². The topological polar surface area (TPSA) is 53.7 Å². The first-order valence-electron chi connectivity index (χ1n) is 5.54. The van der Waals surface area contributed by atoms with E-state index in [1.54, 1.807) is 6.07 Å². The number of hydrogen-bond donors (Lipinski definition) is 1. The zero-order valence-electron chi connectivity index (χ0n) is 9.93. The fraction of sp³-hybridized carbons (Fsp3) is 0.308. The highest BCUT2D eigenvalue weighted by atomic mass is 16.4. The molecule has 0 atom stereocenters. The largest absolute Gasteiger partial charge is 0.475 e. The van der Waals surface area contributed by atoms with Crippen LogP contribution in [0.1, 0.15) is 23.0 Å². The van der Waals surface area contributed by atoms with Gasteiger partial charge in [0.05, 0.1) is 0 Å². The van der Waals surface area contributed by atoms with Crippen molar-refractivity contribution in [3.05, 3.63) is 35.6 Å². The van der Waals surface area contributed by atoms with Crippen LogP contribution in [0.3, 0.4) is 0 Å². The van der Waals surface area contributed by atoms with E-state index in [0.717, 1.165) is 24.0 Å². The van der Waals surface area contributed by atoms with E-state index < -0.39 is 5.97 Å². The van der Waals surface area contributed by atoms with Crippen molar-refractivity contribution in [3.8, 4) is 0 Å². The molecule has 0 aliphatic rings. The molecule has 0 unspecified atom stereocenters. The summed E-state index contributed by atoms with van der Waals surface area (Å²) in [6.45, 7) is 3.92. The number of aromatic carboxylic acids is 1. The summed E-state index contributed by atoms with van der Waals surface area (Å²) in [4.78, 5) is 13.0. The monoisotopic (exact) mass is 233 g/mol. The number of furan rings is 1. The molecule has 0 radical (unpaired) electrons. The van der Waals surface area contributed by atoms with Crippen LogP contribution in [-0.2, 0) is 6.54 Å². The van der Waals surface area contributed by atoms with Crippen LogP contribution in [-0.4, -0.2) is 29.6 Å². The lowest BCUT2D eigenvalue weighted by Crippen LogP contribution is -2.16. The average molecular weight is 233 g/mol. The number of carboxylic acid groups (broad SMARTS) is 1. The first-order valence-corrected chi connectivity index (χ1v) is 5.54. The van der Waals surface area contributed by atoms with Crippen LogP contribution < -0.4 is 0 Å². The van der Waals surface area contributed by atoms with Gasteiger partial charge in [0.1, 0.15) is 5.58 Å². The highest BCUT2D eigenvalue weighted by Gasteiger charge is 2.10. The number of nitrogens with zero attached hydrogens (tertiary/aromatic N) is 1. The third-order valence-corrected chi connectivity index (χ3v) is 2.78. The van der Waals surface area contributed by atoms with Gasteiger partial charge in [0, 0.05) is 11.9 Å². The van der Waals surface area contributed by atoms with Crippen molar-refractivity contribution in [1.29, 1.82) is 0 Å². The molecular weight excluding hydrogens is 218 g/mol. The smallest absolute Gasteiger partial charge is 0.371 e. The van der Waals surface area contributed by atoms with Crippen LogP contribution in [0, 0.1) is 0 Å². The Morgan fingerprint density at radius 3 is 2.82 bits per heavy atom. The van der Waals surface area contributed by atoms with Gasteiger partial charge in [0.15, 0.2) is 0 Å². The number of hydrogen-bond acceptors (Lipinski definition) is 3. The van der Waals surface area contributed by atoms with E-state index in [9.17, 15) is 4.79 Å². The van der Waals surface area contributed by atoms with E-state index in [4.69, 9.17) is 9.52 Å². The Balaban J connectivity index is 2.33. The number of carboxylic acids is 1. The molecule has 0 bridgehead atoms. The van der Waals surface area contributed by atoms with Gasteiger partial charge in [-0.3, -0.25) is 0 Å².